The molecule has 1 fully saturated rings. The number of halogens is 2. The van der Waals surface area contributed by atoms with Crippen LogP contribution in [0.1, 0.15) is 35.8 Å². The standard InChI is InChI=1S/C16H22Cl2N2O4/c1-4-24-16(22)20-6-5-10(12(8-20)23-3)7-11(21)14-13(17)9(2)15(18)19-14/h10,12,19H,4-8H2,1-3H3/t10-,12-/m0/s1. The minimum absolute atomic E-state index is 0.00613. The summed E-state index contributed by atoms with van der Waals surface area (Å²) in [5, 5.41) is 0.742. The van der Waals surface area contributed by atoms with Crippen LogP contribution in [0.4, 0.5) is 4.79 Å². The van der Waals surface area contributed by atoms with Gasteiger partial charge in [-0.25, -0.2) is 4.79 Å². The summed E-state index contributed by atoms with van der Waals surface area (Å²) >= 11 is 12.1. The van der Waals surface area contributed by atoms with Gasteiger partial charge in [0.1, 0.15) is 10.8 Å². The predicted molar refractivity (Wildman–Crippen MR) is 92.0 cm³/mol. The Labute approximate surface area is 151 Å². The van der Waals surface area contributed by atoms with Crippen LogP contribution >= 0.6 is 23.2 Å². The Bertz CT molecular complexity index is 617. The minimum Gasteiger partial charge on any atom is -0.450 e. The highest BCUT2D eigenvalue weighted by Gasteiger charge is 2.34. The van der Waals surface area contributed by atoms with E-state index in [9.17, 15) is 9.59 Å². The Hall–Kier alpha value is -1.24. The van der Waals surface area contributed by atoms with E-state index in [1.807, 2.05) is 0 Å². The van der Waals surface area contributed by atoms with Gasteiger partial charge in [0, 0.05) is 25.6 Å². The quantitative estimate of drug-likeness (QED) is 0.795. The maximum absolute atomic E-state index is 12.5. The van der Waals surface area contributed by atoms with Crippen molar-refractivity contribution in [3.05, 3.63) is 21.4 Å². The van der Waals surface area contributed by atoms with Crippen molar-refractivity contribution in [2.45, 2.75) is 32.8 Å². The Kier molecular flexibility index (Phi) is 6.54. The largest absolute Gasteiger partial charge is 0.450 e. The maximum atomic E-state index is 12.5. The number of rotatable bonds is 5. The molecule has 1 aliphatic heterocycles. The number of nitrogens with zero attached hydrogens (tertiary/aromatic N) is 1. The molecule has 1 saturated heterocycles. The molecule has 1 aliphatic rings. The number of hydrogen-bond donors (Lipinski definition) is 1. The first-order chi connectivity index (χ1) is 11.4. The molecule has 2 atom stereocenters. The highest BCUT2D eigenvalue weighted by atomic mass is 35.5. The van der Waals surface area contributed by atoms with Crippen LogP contribution in [0.15, 0.2) is 0 Å². The molecule has 1 aromatic rings. The molecule has 2 rings (SSSR count). The van der Waals surface area contributed by atoms with Crippen molar-refractivity contribution >= 4 is 35.1 Å². The van der Waals surface area contributed by atoms with Gasteiger partial charge in [0.15, 0.2) is 5.78 Å². The summed E-state index contributed by atoms with van der Waals surface area (Å²) in [5.41, 5.74) is 1.00. The van der Waals surface area contributed by atoms with E-state index < -0.39 is 0 Å². The van der Waals surface area contributed by atoms with E-state index in [0.29, 0.717) is 47.6 Å². The van der Waals surface area contributed by atoms with Gasteiger partial charge >= 0.3 is 6.09 Å². The minimum atomic E-state index is -0.348. The zero-order valence-corrected chi connectivity index (χ0v) is 15.5. The topological polar surface area (TPSA) is 71.6 Å². The zero-order valence-electron chi connectivity index (χ0n) is 14.0. The molecular formula is C16H22Cl2N2O4. The van der Waals surface area contributed by atoms with E-state index in [1.165, 1.54) is 0 Å². The van der Waals surface area contributed by atoms with Crippen LogP contribution in [-0.4, -0.2) is 54.7 Å². The second-order valence-corrected chi connectivity index (χ2v) is 6.60. The molecule has 6 nitrogen and oxygen atoms in total. The number of Topliss-reactive ketones (excluding diaryl/α,β-unsaturated/α-hetero) is 1. The first kappa shape index (κ1) is 19.1. The smallest absolute Gasteiger partial charge is 0.409 e. The van der Waals surface area contributed by atoms with Crippen LogP contribution in [0, 0.1) is 12.8 Å². The number of aromatic nitrogens is 1. The third-order valence-electron chi connectivity index (χ3n) is 4.36. The molecule has 0 saturated carbocycles. The molecule has 24 heavy (non-hydrogen) atoms. The average molecular weight is 377 g/mol. The Morgan fingerprint density at radius 2 is 2.08 bits per heavy atom. The van der Waals surface area contributed by atoms with Crippen molar-refractivity contribution in [2.24, 2.45) is 5.92 Å². The van der Waals surface area contributed by atoms with Crippen LogP contribution in [0.5, 0.6) is 0 Å². The highest BCUT2D eigenvalue weighted by molar-refractivity contribution is 6.38. The van der Waals surface area contributed by atoms with Crippen LogP contribution in [-0.2, 0) is 9.47 Å². The average Bonchev–Trinajstić information content (AvgIpc) is 2.83. The lowest BCUT2D eigenvalue weighted by atomic mass is 9.88. The molecule has 1 N–H and O–H groups in total. The monoisotopic (exact) mass is 376 g/mol. The summed E-state index contributed by atoms with van der Waals surface area (Å²) in [6.07, 6.45) is 0.371. The number of amides is 1. The number of ether oxygens (including phenoxy) is 2. The van der Waals surface area contributed by atoms with Crippen molar-refractivity contribution in [3.8, 4) is 0 Å². The van der Waals surface area contributed by atoms with Gasteiger partial charge in [-0.05, 0) is 26.2 Å². The van der Waals surface area contributed by atoms with Gasteiger partial charge < -0.3 is 19.4 Å². The molecule has 0 bridgehead atoms. The summed E-state index contributed by atoms with van der Waals surface area (Å²) in [4.78, 5) is 28.8. The summed E-state index contributed by atoms with van der Waals surface area (Å²) in [6.45, 7) is 4.80. The van der Waals surface area contributed by atoms with Crippen molar-refractivity contribution < 1.29 is 19.1 Å². The van der Waals surface area contributed by atoms with E-state index in [0.717, 1.165) is 0 Å². The molecule has 0 aromatic carbocycles. The van der Waals surface area contributed by atoms with Crippen LogP contribution in [0.3, 0.4) is 0 Å². The van der Waals surface area contributed by atoms with Crippen molar-refractivity contribution in [1.29, 1.82) is 0 Å². The molecule has 1 amide bonds. The van der Waals surface area contributed by atoms with Crippen molar-refractivity contribution in [3.63, 3.8) is 0 Å². The molecule has 0 unspecified atom stereocenters. The van der Waals surface area contributed by atoms with Crippen molar-refractivity contribution in [2.75, 3.05) is 26.8 Å². The van der Waals surface area contributed by atoms with Gasteiger partial charge in [-0.2, -0.15) is 0 Å². The van der Waals surface area contributed by atoms with Gasteiger partial charge in [-0.15, -0.1) is 0 Å². The van der Waals surface area contributed by atoms with Crippen molar-refractivity contribution in [1.82, 2.24) is 9.88 Å². The van der Waals surface area contributed by atoms with Gasteiger partial charge in [0.05, 0.1) is 24.3 Å². The molecule has 0 aliphatic carbocycles. The lowest BCUT2D eigenvalue weighted by Crippen LogP contribution is -2.48. The Morgan fingerprint density at radius 3 is 2.62 bits per heavy atom. The van der Waals surface area contributed by atoms with E-state index in [4.69, 9.17) is 32.7 Å². The number of ketones is 1. The number of H-pyrrole nitrogens is 1. The number of likely N-dealkylation sites (tertiary alicyclic amines) is 1. The molecule has 0 radical (unpaired) electrons. The van der Waals surface area contributed by atoms with Crippen LogP contribution in [0.25, 0.3) is 0 Å². The lowest BCUT2D eigenvalue weighted by Gasteiger charge is -2.36. The zero-order chi connectivity index (χ0) is 17.9. The van der Waals surface area contributed by atoms with Gasteiger partial charge in [-0.3, -0.25) is 4.79 Å². The third kappa shape index (κ3) is 4.05. The maximum Gasteiger partial charge on any atom is 0.409 e. The van der Waals surface area contributed by atoms with E-state index >= 15 is 0 Å². The van der Waals surface area contributed by atoms with Crippen LogP contribution in [0.2, 0.25) is 10.2 Å². The molecule has 0 spiro atoms. The number of aromatic amines is 1. The number of piperidine rings is 1. The van der Waals surface area contributed by atoms with E-state index in [-0.39, 0.29) is 30.3 Å². The second kappa shape index (κ2) is 8.23. The van der Waals surface area contributed by atoms with E-state index in [2.05, 4.69) is 4.98 Å². The van der Waals surface area contributed by atoms with Gasteiger partial charge in [-0.1, -0.05) is 23.2 Å². The molecule has 2 heterocycles. The lowest BCUT2D eigenvalue weighted by molar-refractivity contribution is -0.0121. The van der Waals surface area contributed by atoms with Gasteiger partial charge in [0.25, 0.3) is 0 Å². The molecular weight excluding hydrogens is 355 g/mol. The fourth-order valence-corrected chi connectivity index (χ4v) is 3.41. The number of carbonyl (C=O) groups is 2. The Balaban J connectivity index is 2.03. The normalized spacial score (nSPS) is 21.0. The highest BCUT2D eigenvalue weighted by Crippen LogP contribution is 2.31. The Morgan fingerprint density at radius 1 is 1.38 bits per heavy atom. The second-order valence-electron chi connectivity index (χ2n) is 5.85. The first-order valence-electron chi connectivity index (χ1n) is 7.90. The fraction of sp³-hybridized carbons (Fsp3) is 0.625. The summed E-state index contributed by atoms with van der Waals surface area (Å²) in [5.74, 6) is -0.0988. The fourth-order valence-electron chi connectivity index (χ4n) is 2.92. The number of nitrogens with one attached hydrogen (secondary N) is 1. The summed E-state index contributed by atoms with van der Waals surface area (Å²) < 4.78 is 10.5. The first-order valence-corrected chi connectivity index (χ1v) is 8.65. The van der Waals surface area contributed by atoms with E-state index in [1.54, 1.807) is 25.9 Å². The summed E-state index contributed by atoms with van der Waals surface area (Å²) in [7, 11) is 1.58. The van der Waals surface area contributed by atoms with Gasteiger partial charge in [0.2, 0.25) is 0 Å². The number of carbonyl (C=O) groups excluding carboxylic acids is 2. The SMILES string of the molecule is CCOC(=O)N1CC[C@@H](CC(=O)c2[nH]c(Cl)c(C)c2Cl)[C@@H](OC)C1. The number of hydrogen-bond acceptors (Lipinski definition) is 4. The predicted octanol–water partition coefficient (Wildman–Crippen LogP) is 3.70. The molecule has 8 heteroatoms. The number of methoxy groups -OCH3 is 1. The molecule has 134 valence electrons. The third-order valence-corrected chi connectivity index (χ3v) is 5.21. The molecule has 1 aromatic heterocycles. The summed E-state index contributed by atoms with van der Waals surface area (Å²) in [6, 6.07) is 0. The van der Waals surface area contributed by atoms with Crippen LogP contribution < -0.4 is 0 Å².